The first-order valence-corrected chi connectivity index (χ1v) is 2.71. The van der Waals surface area contributed by atoms with Crippen LogP contribution in [0.2, 0.25) is 5.72 Å². The third-order valence-electron chi connectivity index (χ3n) is 1.28. The van der Waals surface area contributed by atoms with Gasteiger partial charge in [0, 0.05) is 0 Å². The van der Waals surface area contributed by atoms with Gasteiger partial charge in [0.1, 0.15) is 0 Å². The fourth-order valence-corrected chi connectivity index (χ4v) is 0.593. The zero-order valence-electron chi connectivity index (χ0n) is 4.46. The second-order valence-electron chi connectivity index (χ2n) is 1.94. The van der Waals surface area contributed by atoms with Crippen LogP contribution >= 0.6 is 0 Å². The summed E-state index contributed by atoms with van der Waals surface area (Å²) in [5.74, 6) is 0. The van der Waals surface area contributed by atoms with Gasteiger partial charge in [-0.3, -0.25) is 0 Å². The van der Waals surface area contributed by atoms with Gasteiger partial charge in [0.25, 0.3) is 0 Å². The summed E-state index contributed by atoms with van der Waals surface area (Å²) in [5, 5.41) is 8.94. The van der Waals surface area contributed by atoms with Gasteiger partial charge in [0.15, 0.2) is 0 Å². The molecule has 0 aromatic carbocycles. The molecule has 36 valence electrons. The summed E-state index contributed by atoms with van der Waals surface area (Å²) >= 11 is 0. The van der Waals surface area contributed by atoms with E-state index in [2.05, 4.69) is 0 Å². The van der Waals surface area contributed by atoms with E-state index in [4.69, 9.17) is 5.11 Å². The minimum absolute atomic E-state index is 0.0972. The van der Waals surface area contributed by atoms with Gasteiger partial charge >= 0.3 is 43.9 Å². The van der Waals surface area contributed by atoms with Crippen LogP contribution in [0.1, 0.15) is 13.3 Å². The Bertz CT molecular complexity index is 85.7. The molecular formula is C4H8B2O. The van der Waals surface area contributed by atoms with Crippen LogP contribution in [0.25, 0.3) is 0 Å². The second-order valence-corrected chi connectivity index (χ2v) is 1.94. The van der Waals surface area contributed by atoms with Crippen LogP contribution in [0.5, 0.6) is 0 Å². The van der Waals surface area contributed by atoms with Gasteiger partial charge in [0.05, 0.1) is 0 Å². The van der Waals surface area contributed by atoms with E-state index in [0.717, 1.165) is 6.42 Å². The van der Waals surface area contributed by atoms with E-state index in [-0.39, 0.29) is 6.10 Å². The van der Waals surface area contributed by atoms with Gasteiger partial charge < -0.3 is 0 Å². The van der Waals surface area contributed by atoms with Gasteiger partial charge in [-0.05, 0) is 0 Å². The number of hydrogen-bond acceptors (Lipinski definition) is 1. The summed E-state index contributed by atoms with van der Waals surface area (Å²) < 4.78 is 0. The molecule has 1 aliphatic rings. The number of aliphatic hydroxyl groups is 1. The van der Waals surface area contributed by atoms with E-state index in [1.54, 1.807) is 0 Å². The van der Waals surface area contributed by atoms with Crippen molar-refractivity contribution in [2.24, 2.45) is 0 Å². The van der Waals surface area contributed by atoms with Crippen molar-refractivity contribution in [3.8, 4) is 0 Å². The molecule has 0 aromatic rings. The fourth-order valence-electron chi connectivity index (χ4n) is 0.593. The van der Waals surface area contributed by atoms with E-state index in [1.807, 2.05) is 20.5 Å². The molecule has 1 heterocycles. The maximum absolute atomic E-state index is 8.94. The van der Waals surface area contributed by atoms with Crippen molar-refractivity contribution in [1.82, 2.24) is 0 Å². The van der Waals surface area contributed by atoms with Crippen molar-refractivity contribution >= 4 is 13.6 Å². The number of aliphatic hydroxyl groups excluding tert-OH is 1. The molecule has 7 heavy (non-hydrogen) atoms. The van der Waals surface area contributed by atoms with E-state index < -0.39 is 0 Å². The van der Waals surface area contributed by atoms with Crippen LogP contribution in [0.3, 0.4) is 0 Å². The predicted octanol–water partition coefficient (Wildman–Crippen LogP) is -0.160. The summed E-state index contributed by atoms with van der Waals surface area (Å²) in [5.41, 5.74) is 0.421. The second kappa shape index (κ2) is 1.91. The third kappa shape index (κ3) is 1.23. The third-order valence-corrected chi connectivity index (χ3v) is 1.28. The molecule has 1 atom stereocenters. The first kappa shape index (κ1) is 5.23. The van der Waals surface area contributed by atoms with E-state index in [0.29, 0.717) is 5.72 Å². The van der Waals surface area contributed by atoms with Crippen LogP contribution in [0.15, 0.2) is 0 Å². The fraction of sp³-hybridized carbons (Fsp3) is 1.00. The van der Waals surface area contributed by atoms with E-state index in [1.165, 1.54) is 0 Å². The quantitative estimate of drug-likeness (QED) is 0.471. The normalized spacial score (nSPS) is 20.3. The molecular weight excluding hydrogens is 85.7 g/mol. The predicted molar refractivity (Wildman–Crippen MR) is 31.6 cm³/mol. The average Bonchev–Trinajstić information content (AvgIpc) is 2.44. The van der Waals surface area contributed by atoms with Crippen molar-refractivity contribution in [3.63, 3.8) is 0 Å². The summed E-state index contributed by atoms with van der Waals surface area (Å²) in [6.07, 6.45) is 0.775. The Hall–Kier alpha value is 0.0899. The van der Waals surface area contributed by atoms with Gasteiger partial charge in [-0.25, -0.2) is 0 Å². The monoisotopic (exact) mass is 94.1 g/mol. The molecule has 1 nitrogen and oxygen atoms in total. The Balaban J connectivity index is 2.12. The summed E-state index contributed by atoms with van der Waals surface area (Å²) in [6.45, 7) is 6.03. The van der Waals surface area contributed by atoms with Crippen molar-refractivity contribution in [2.75, 3.05) is 0 Å². The van der Waals surface area contributed by atoms with Gasteiger partial charge in [-0.2, -0.15) is 0 Å². The van der Waals surface area contributed by atoms with Crippen molar-refractivity contribution < 1.29 is 5.11 Å². The van der Waals surface area contributed by atoms with Crippen molar-refractivity contribution in [1.29, 1.82) is 0 Å². The van der Waals surface area contributed by atoms with Crippen molar-refractivity contribution in [3.05, 3.63) is 0 Å². The molecule has 0 radical (unpaired) electrons. The number of hydrogen-bond donors (Lipinski definition) is 1. The minimum atomic E-state index is -0.0972. The first-order chi connectivity index (χ1) is 3.34. The Morgan fingerprint density at radius 1 is 1.71 bits per heavy atom. The zero-order valence-corrected chi connectivity index (χ0v) is 4.46. The Kier molecular flexibility index (Phi) is 1.43. The standard InChI is InChI=1S/C4H8B2O/c1-2-3(7)4-5-6-4/h3-4,7H,2H2,1H3. The SMILES string of the molecule is CCC(O)C1B=B1. The Morgan fingerprint density at radius 3 is 2.43 bits per heavy atom. The molecule has 0 bridgehead atoms. The van der Waals surface area contributed by atoms with Crippen LogP contribution < -0.4 is 0 Å². The molecule has 0 spiro atoms. The van der Waals surface area contributed by atoms with E-state index >= 15 is 0 Å². The summed E-state index contributed by atoms with van der Waals surface area (Å²) in [6, 6.07) is 0. The summed E-state index contributed by atoms with van der Waals surface area (Å²) in [4.78, 5) is 0. The molecule has 1 aliphatic heterocycles. The van der Waals surface area contributed by atoms with E-state index in [9.17, 15) is 0 Å². The molecule has 3 heteroatoms. The molecule has 1 unspecified atom stereocenters. The molecule has 0 saturated heterocycles. The van der Waals surface area contributed by atoms with Gasteiger partial charge in [-0.1, -0.05) is 0 Å². The molecule has 0 aromatic heterocycles. The zero-order chi connectivity index (χ0) is 5.28. The van der Waals surface area contributed by atoms with Crippen LogP contribution in [-0.2, 0) is 0 Å². The molecule has 0 saturated carbocycles. The van der Waals surface area contributed by atoms with Crippen molar-refractivity contribution in [2.45, 2.75) is 25.2 Å². The molecule has 0 amide bonds. The Morgan fingerprint density at radius 2 is 2.29 bits per heavy atom. The topological polar surface area (TPSA) is 20.2 Å². The van der Waals surface area contributed by atoms with Gasteiger partial charge in [-0.15, -0.1) is 0 Å². The van der Waals surface area contributed by atoms with Crippen LogP contribution in [-0.4, -0.2) is 24.8 Å². The average molecular weight is 93.7 g/mol. The van der Waals surface area contributed by atoms with Crippen LogP contribution in [0, 0.1) is 0 Å². The summed E-state index contributed by atoms with van der Waals surface area (Å²) in [7, 11) is 0. The first-order valence-electron chi connectivity index (χ1n) is 2.71. The number of rotatable bonds is 2. The Labute approximate surface area is 44.8 Å². The van der Waals surface area contributed by atoms with Crippen LogP contribution in [0.4, 0.5) is 0 Å². The molecule has 0 aliphatic carbocycles. The molecule has 0 fully saturated rings. The van der Waals surface area contributed by atoms with Gasteiger partial charge in [0.2, 0.25) is 0 Å². The molecule has 1 N–H and O–H groups in total. The maximum atomic E-state index is 8.94. The molecule has 1 rings (SSSR count).